The van der Waals surface area contributed by atoms with Gasteiger partial charge in [0.05, 0.1) is 0 Å². The summed E-state index contributed by atoms with van der Waals surface area (Å²) in [5, 5.41) is 3.21. The highest BCUT2D eigenvalue weighted by molar-refractivity contribution is 4.76. The largest absolute Gasteiger partial charge is 0.318 e. The molecule has 1 saturated heterocycles. The van der Waals surface area contributed by atoms with Gasteiger partial charge < -0.3 is 5.32 Å². The molecule has 0 spiro atoms. The van der Waals surface area contributed by atoms with Gasteiger partial charge in [-0.2, -0.15) is 0 Å². The van der Waals surface area contributed by atoms with Crippen LogP contribution in [0.1, 0.15) is 26.7 Å². The van der Waals surface area contributed by atoms with Crippen molar-refractivity contribution in [3.05, 3.63) is 0 Å². The summed E-state index contributed by atoms with van der Waals surface area (Å²) in [5.74, 6) is 0.936. The second-order valence-electron chi connectivity index (χ2n) is 4.12. The van der Waals surface area contributed by atoms with E-state index in [1.807, 2.05) is 7.05 Å². The lowest BCUT2D eigenvalue weighted by Gasteiger charge is -2.36. The summed E-state index contributed by atoms with van der Waals surface area (Å²) < 4.78 is 0. The Kier molecular flexibility index (Phi) is 4.02. The van der Waals surface area contributed by atoms with Gasteiger partial charge in [-0.1, -0.05) is 6.92 Å². The third kappa shape index (κ3) is 2.76. The fraction of sp³-hybridized carbons (Fsp3) is 1.00. The third-order valence-corrected chi connectivity index (χ3v) is 2.92. The molecule has 1 rings (SSSR count). The molecule has 0 aromatic rings. The summed E-state index contributed by atoms with van der Waals surface area (Å²) in [5.41, 5.74) is 0. The predicted molar refractivity (Wildman–Crippen MR) is 53.4 cm³/mol. The predicted octanol–water partition coefficient (Wildman–Crippen LogP) is 1.33. The maximum Gasteiger partial charge on any atom is 0.0110 e. The van der Waals surface area contributed by atoms with E-state index in [-0.39, 0.29) is 0 Å². The van der Waals surface area contributed by atoms with Crippen molar-refractivity contribution in [3.63, 3.8) is 0 Å². The van der Waals surface area contributed by atoms with E-state index in [9.17, 15) is 0 Å². The minimum atomic E-state index is 0.794. The van der Waals surface area contributed by atoms with Gasteiger partial charge in [0.1, 0.15) is 0 Å². The zero-order valence-corrected chi connectivity index (χ0v) is 8.64. The van der Waals surface area contributed by atoms with Crippen molar-refractivity contribution >= 4 is 0 Å². The molecule has 0 bridgehead atoms. The molecule has 1 aliphatic rings. The Labute approximate surface area is 76.3 Å². The van der Waals surface area contributed by atoms with Crippen LogP contribution in [0.25, 0.3) is 0 Å². The van der Waals surface area contributed by atoms with Gasteiger partial charge >= 0.3 is 0 Å². The lowest BCUT2D eigenvalue weighted by atomic mass is 9.93. The highest BCUT2D eigenvalue weighted by Gasteiger charge is 2.21. The average Bonchev–Trinajstić information content (AvgIpc) is 2.03. The van der Waals surface area contributed by atoms with Crippen LogP contribution in [0.3, 0.4) is 0 Å². The molecule has 2 heteroatoms. The Morgan fingerprint density at radius 3 is 2.75 bits per heavy atom. The standard InChI is InChI=1S/C10H22N2/c1-9-4-6-12(7-5-11-3)10(2)8-9/h9-11H,4-8H2,1-3H3. The first-order valence-electron chi connectivity index (χ1n) is 5.12. The number of hydrogen-bond donors (Lipinski definition) is 1. The minimum Gasteiger partial charge on any atom is -0.318 e. The van der Waals surface area contributed by atoms with Gasteiger partial charge in [-0.3, -0.25) is 4.90 Å². The molecule has 0 aromatic heterocycles. The molecule has 2 atom stereocenters. The van der Waals surface area contributed by atoms with Gasteiger partial charge in [0.15, 0.2) is 0 Å². The molecule has 1 fully saturated rings. The summed E-state index contributed by atoms with van der Waals surface area (Å²) in [7, 11) is 2.03. The van der Waals surface area contributed by atoms with Crippen LogP contribution in [0.15, 0.2) is 0 Å². The van der Waals surface area contributed by atoms with E-state index in [1.165, 1.54) is 25.9 Å². The molecule has 0 aliphatic carbocycles. The fourth-order valence-electron chi connectivity index (χ4n) is 2.04. The lowest BCUT2D eigenvalue weighted by Crippen LogP contribution is -2.43. The fourth-order valence-corrected chi connectivity index (χ4v) is 2.04. The zero-order chi connectivity index (χ0) is 8.97. The number of likely N-dealkylation sites (N-methyl/N-ethyl adjacent to an activating group) is 1. The van der Waals surface area contributed by atoms with Gasteiger partial charge in [0.25, 0.3) is 0 Å². The first-order chi connectivity index (χ1) is 5.74. The van der Waals surface area contributed by atoms with Crippen LogP contribution in [0.2, 0.25) is 0 Å². The molecular weight excluding hydrogens is 148 g/mol. The first-order valence-corrected chi connectivity index (χ1v) is 5.12. The van der Waals surface area contributed by atoms with Gasteiger partial charge in [-0.15, -0.1) is 0 Å². The number of nitrogens with zero attached hydrogens (tertiary/aromatic N) is 1. The number of rotatable bonds is 3. The maximum absolute atomic E-state index is 3.21. The molecule has 1 heterocycles. The summed E-state index contributed by atoms with van der Waals surface area (Å²) in [6, 6.07) is 0.794. The summed E-state index contributed by atoms with van der Waals surface area (Å²) >= 11 is 0. The van der Waals surface area contributed by atoms with E-state index < -0.39 is 0 Å². The highest BCUT2D eigenvalue weighted by atomic mass is 15.2. The van der Waals surface area contributed by atoms with E-state index in [0.29, 0.717) is 0 Å². The van der Waals surface area contributed by atoms with E-state index in [2.05, 4.69) is 24.1 Å². The topological polar surface area (TPSA) is 15.3 Å². The SMILES string of the molecule is CNCCN1CCC(C)CC1C. The van der Waals surface area contributed by atoms with Crippen LogP contribution >= 0.6 is 0 Å². The Balaban J connectivity index is 2.25. The second kappa shape index (κ2) is 4.83. The highest BCUT2D eigenvalue weighted by Crippen LogP contribution is 2.21. The van der Waals surface area contributed by atoms with Crippen molar-refractivity contribution in [3.8, 4) is 0 Å². The summed E-state index contributed by atoms with van der Waals surface area (Å²) in [6.45, 7) is 8.35. The van der Waals surface area contributed by atoms with Crippen LogP contribution in [0.4, 0.5) is 0 Å². The number of likely N-dealkylation sites (tertiary alicyclic amines) is 1. The number of hydrogen-bond acceptors (Lipinski definition) is 2. The zero-order valence-electron chi connectivity index (χ0n) is 8.64. The lowest BCUT2D eigenvalue weighted by molar-refractivity contribution is 0.131. The molecule has 0 aromatic carbocycles. The van der Waals surface area contributed by atoms with Crippen molar-refractivity contribution in [2.24, 2.45) is 5.92 Å². The summed E-state index contributed by atoms with van der Waals surface area (Å²) in [6.07, 6.45) is 2.76. The molecule has 1 aliphatic heterocycles. The van der Waals surface area contributed by atoms with Crippen LogP contribution in [-0.2, 0) is 0 Å². The van der Waals surface area contributed by atoms with E-state index >= 15 is 0 Å². The summed E-state index contributed by atoms with van der Waals surface area (Å²) in [4.78, 5) is 2.59. The van der Waals surface area contributed by atoms with Crippen LogP contribution in [-0.4, -0.2) is 37.6 Å². The molecule has 0 radical (unpaired) electrons. The molecule has 72 valence electrons. The normalized spacial score (nSPS) is 32.2. The molecule has 12 heavy (non-hydrogen) atoms. The Bertz CT molecular complexity index is 123. The van der Waals surface area contributed by atoms with Crippen molar-refractivity contribution in [2.45, 2.75) is 32.7 Å². The molecule has 0 saturated carbocycles. The van der Waals surface area contributed by atoms with Crippen molar-refractivity contribution in [2.75, 3.05) is 26.7 Å². The minimum absolute atomic E-state index is 0.794. The Hall–Kier alpha value is -0.0800. The maximum atomic E-state index is 3.21. The first kappa shape index (κ1) is 10.0. The smallest absolute Gasteiger partial charge is 0.0110 e. The van der Waals surface area contributed by atoms with Gasteiger partial charge in [0, 0.05) is 19.1 Å². The Morgan fingerprint density at radius 1 is 1.42 bits per heavy atom. The molecule has 2 nitrogen and oxygen atoms in total. The monoisotopic (exact) mass is 170 g/mol. The number of piperidine rings is 1. The van der Waals surface area contributed by atoms with Gasteiger partial charge in [-0.05, 0) is 39.3 Å². The van der Waals surface area contributed by atoms with Crippen molar-refractivity contribution < 1.29 is 0 Å². The van der Waals surface area contributed by atoms with Gasteiger partial charge in [-0.25, -0.2) is 0 Å². The Morgan fingerprint density at radius 2 is 2.17 bits per heavy atom. The quantitative estimate of drug-likeness (QED) is 0.687. The van der Waals surface area contributed by atoms with E-state index in [1.54, 1.807) is 0 Å². The molecule has 2 unspecified atom stereocenters. The average molecular weight is 170 g/mol. The van der Waals surface area contributed by atoms with E-state index in [4.69, 9.17) is 0 Å². The third-order valence-electron chi connectivity index (χ3n) is 2.92. The van der Waals surface area contributed by atoms with Crippen molar-refractivity contribution in [1.29, 1.82) is 0 Å². The van der Waals surface area contributed by atoms with Crippen LogP contribution in [0.5, 0.6) is 0 Å². The van der Waals surface area contributed by atoms with E-state index in [0.717, 1.165) is 18.5 Å². The molecule has 0 amide bonds. The van der Waals surface area contributed by atoms with Gasteiger partial charge in [0.2, 0.25) is 0 Å². The number of nitrogens with one attached hydrogen (secondary N) is 1. The molecule has 1 N–H and O–H groups in total. The second-order valence-corrected chi connectivity index (χ2v) is 4.12. The molecular formula is C10H22N2. The van der Waals surface area contributed by atoms with Crippen LogP contribution in [0, 0.1) is 5.92 Å². The van der Waals surface area contributed by atoms with Crippen molar-refractivity contribution in [1.82, 2.24) is 10.2 Å². The van der Waals surface area contributed by atoms with Crippen LogP contribution < -0.4 is 5.32 Å².